The van der Waals surface area contributed by atoms with Crippen LogP contribution < -0.4 is 0 Å². The lowest BCUT2D eigenvalue weighted by Crippen LogP contribution is -2.08. The van der Waals surface area contributed by atoms with E-state index >= 15 is 0 Å². The molecule has 2 rings (SSSR count). The minimum absolute atomic E-state index is 0.399. The van der Waals surface area contributed by atoms with E-state index in [9.17, 15) is 10.1 Å². The number of hydrogen-bond donors (Lipinski definition) is 1. The van der Waals surface area contributed by atoms with Crippen molar-refractivity contribution >= 4 is 18.2 Å². The Hall–Kier alpha value is -2.10. The second-order valence-electron chi connectivity index (χ2n) is 3.50. The Bertz CT molecular complexity index is 613. The van der Waals surface area contributed by atoms with Gasteiger partial charge in [-0.2, -0.15) is 9.78 Å². The smallest absolute Gasteiger partial charge is 0.390 e. The summed E-state index contributed by atoms with van der Waals surface area (Å²) >= 11 is 5.06. The van der Waals surface area contributed by atoms with E-state index in [-0.39, 0.29) is 0 Å². The van der Waals surface area contributed by atoms with Gasteiger partial charge in [0.15, 0.2) is 4.77 Å². The summed E-state index contributed by atoms with van der Waals surface area (Å²) in [6, 6.07) is 0. The normalized spacial score (nSPS) is 10.7. The maximum Gasteiger partial charge on any atom is 0.490 e. The first-order valence-electron chi connectivity index (χ1n) is 5.29. The van der Waals surface area contributed by atoms with E-state index < -0.39 is 10.9 Å². The number of aryl methyl sites for hydroxylation is 2. The zero-order valence-electron chi connectivity index (χ0n) is 9.61. The molecule has 10 heteroatoms. The minimum Gasteiger partial charge on any atom is -0.390 e. The average molecular weight is 269 g/mol. The summed E-state index contributed by atoms with van der Waals surface area (Å²) in [4.78, 5) is 13.4. The van der Waals surface area contributed by atoms with Crippen molar-refractivity contribution in [3.63, 3.8) is 0 Å². The first kappa shape index (κ1) is 12.4. The van der Waals surface area contributed by atoms with Crippen molar-refractivity contribution in [2.24, 2.45) is 0 Å². The Morgan fingerprint density at radius 2 is 2.39 bits per heavy atom. The molecule has 2 aromatic rings. The standard InChI is InChI=1S/C8H11N7O2S/c1-2-14-6(10-11-8(14)18)3-4-13-5-9-7(12-13)15(16)17/h5H,2-4H2,1H3,(H,11,18). The van der Waals surface area contributed by atoms with Gasteiger partial charge in [-0.15, -0.1) is 0 Å². The average Bonchev–Trinajstić information content (AvgIpc) is 2.93. The fraction of sp³-hybridized carbons (Fsp3) is 0.500. The van der Waals surface area contributed by atoms with Crippen molar-refractivity contribution in [3.05, 3.63) is 27.0 Å². The zero-order chi connectivity index (χ0) is 13.1. The van der Waals surface area contributed by atoms with E-state index in [0.29, 0.717) is 17.7 Å². The highest BCUT2D eigenvalue weighted by Crippen LogP contribution is 2.03. The SMILES string of the molecule is CCn1c(CCn2cnc([N+](=O)[O-])n2)n[nH]c1=S. The van der Waals surface area contributed by atoms with Gasteiger partial charge >= 0.3 is 5.95 Å². The van der Waals surface area contributed by atoms with Gasteiger partial charge in [0, 0.05) is 18.1 Å². The predicted octanol–water partition coefficient (Wildman–Crippen LogP) is 0.703. The number of hydrogen-bond acceptors (Lipinski definition) is 6. The summed E-state index contributed by atoms with van der Waals surface area (Å²) in [6.45, 7) is 3.15. The van der Waals surface area contributed by atoms with Gasteiger partial charge in [-0.05, 0) is 24.1 Å². The van der Waals surface area contributed by atoms with Crippen molar-refractivity contribution in [3.8, 4) is 0 Å². The molecular weight excluding hydrogens is 258 g/mol. The summed E-state index contributed by atoms with van der Waals surface area (Å²) in [5.41, 5.74) is 0. The molecule has 1 N–H and O–H groups in total. The molecule has 0 aromatic carbocycles. The molecule has 0 amide bonds. The van der Waals surface area contributed by atoms with Crippen LogP contribution in [0.1, 0.15) is 12.7 Å². The molecule has 96 valence electrons. The fourth-order valence-electron chi connectivity index (χ4n) is 1.56. The molecule has 0 spiro atoms. The van der Waals surface area contributed by atoms with Crippen molar-refractivity contribution in [1.82, 2.24) is 29.5 Å². The number of nitro groups is 1. The molecule has 2 heterocycles. The van der Waals surface area contributed by atoms with Crippen LogP contribution >= 0.6 is 12.2 Å². The second-order valence-corrected chi connectivity index (χ2v) is 3.89. The van der Waals surface area contributed by atoms with Crippen LogP contribution in [0, 0.1) is 14.9 Å². The van der Waals surface area contributed by atoms with E-state index in [1.807, 2.05) is 11.5 Å². The Labute approximate surface area is 107 Å². The summed E-state index contributed by atoms with van der Waals surface area (Å²) in [6.07, 6.45) is 1.90. The van der Waals surface area contributed by atoms with Crippen LogP contribution in [0.4, 0.5) is 5.95 Å². The van der Waals surface area contributed by atoms with Crippen LogP contribution in [0.5, 0.6) is 0 Å². The first-order chi connectivity index (χ1) is 8.61. The molecule has 0 aliphatic carbocycles. The molecule has 0 atom stereocenters. The first-order valence-corrected chi connectivity index (χ1v) is 5.70. The lowest BCUT2D eigenvalue weighted by molar-refractivity contribution is -0.394. The van der Waals surface area contributed by atoms with Crippen LogP contribution in [-0.2, 0) is 19.5 Å². The number of rotatable bonds is 5. The van der Waals surface area contributed by atoms with E-state index in [0.717, 1.165) is 12.4 Å². The van der Waals surface area contributed by atoms with E-state index in [1.165, 1.54) is 11.0 Å². The van der Waals surface area contributed by atoms with E-state index in [2.05, 4.69) is 20.3 Å². The molecule has 0 aliphatic rings. The van der Waals surface area contributed by atoms with Crippen molar-refractivity contribution < 1.29 is 4.92 Å². The number of nitrogens with one attached hydrogen (secondary N) is 1. The molecule has 18 heavy (non-hydrogen) atoms. The van der Waals surface area contributed by atoms with E-state index in [4.69, 9.17) is 12.2 Å². The summed E-state index contributed by atoms with van der Waals surface area (Å²) in [5.74, 6) is 0.394. The lowest BCUT2D eigenvalue weighted by atomic mass is 10.4. The highest BCUT2D eigenvalue weighted by Gasteiger charge is 2.13. The summed E-state index contributed by atoms with van der Waals surface area (Å²) < 4.78 is 3.84. The molecule has 9 nitrogen and oxygen atoms in total. The van der Waals surface area contributed by atoms with Crippen LogP contribution in [0.3, 0.4) is 0 Å². The predicted molar refractivity (Wildman–Crippen MR) is 63.5 cm³/mol. The van der Waals surface area contributed by atoms with Crippen molar-refractivity contribution in [2.45, 2.75) is 26.4 Å². The van der Waals surface area contributed by atoms with Crippen molar-refractivity contribution in [1.29, 1.82) is 0 Å². The molecule has 0 aliphatic heterocycles. The van der Waals surface area contributed by atoms with Gasteiger partial charge in [0.2, 0.25) is 6.33 Å². The summed E-state index contributed by atoms with van der Waals surface area (Å²) in [7, 11) is 0. The van der Waals surface area contributed by atoms with Gasteiger partial charge in [0.25, 0.3) is 0 Å². The molecule has 0 saturated carbocycles. The molecule has 0 fully saturated rings. The molecule has 0 unspecified atom stereocenters. The Morgan fingerprint density at radius 3 is 3.00 bits per heavy atom. The largest absolute Gasteiger partial charge is 0.490 e. The molecular formula is C8H11N7O2S. The Morgan fingerprint density at radius 1 is 1.61 bits per heavy atom. The highest BCUT2D eigenvalue weighted by atomic mass is 32.1. The molecule has 2 aromatic heterocycles. The fourth-order valence-corrected chi connectivity index (χ4v) is 1.84. The maximum atomic E-state index is 10.4. The Balaban J connectivity index is 2.06. The van der Waals surface area contributed by atoms with Crippen LogP contribution in [0.25, 0.3) is 0 Å². The molecule has 0 bridgehead atoms. The van der Waals surface area contributed by atoms with Crippen LogP contribution in [0.2, 0.25) is 0 Å². The van der Waals surface area contributed by atoms with Gasteiger partial charge < -0.3 is 14.7 Å². The van der Waals surface area contributed by atoms with Gasteiger partial charge in [-0.1, -0.05) is 4.98 Å². The van der Waals surface area contributed by atoms with Gasteiger partial charge in [-0.3, -0.25) is 5.10 Å². The minimum atomic E-state index is -0.626. The third-order valence-electron chi connectivity index (χ3n) is 2.41. The third kappa shape index (κ3) is 2.42. The molecule has 0 radical (unpaired) electrons. The zero-order valence-corrected chi connectivity index (χ0v) is 10.4. The second kappa shape index (κ2) is 5.04. The third-order valence-corrected chi connectivity index (χ3v) is 2.72. The van der Waals surface area contributed by atoms with Crippen LogP contribution in [0.15, 0.2) is 6.33 Å². The van der Waals surface area contributed by atoms with Gasteiger partial charge in [-0.25, -0.2) is 0 Å². The quantitative estimate of drug-likeness (QED) is 0.486. The molecule has 0 saturated heterocycles. The van der Waals surface area contributed by atoms with Gasteiger partial charge in [0.1, 0.15) is 5.82 Å². The maximum absolute atomic E-state index is 10.4. The van der Waals surface area contributed by atoms with Gasteiger partial charge in [0.05, 0.1) is 6.54 Å². The Kier molecular flexibility index (Phi) is 3.46. The number of H-pyrrole nitrogens is 1. The van der Waals surface area contributed by atoms with E-state index in [1.54, 1.807) is 0 Å². The lowest BCUT2D eigenvalue weighted by Gasteiger charge is -2.01. The van der Waals surface area contributed by atoms with Crippen LogP contribution in [-0.4, -0.2) is 34.5 Å². The number of nitrogens with zero attached hydrogens (tertiary/aromatic N) is 6. The number of aromatic amines is 1. The van der Waals surface area contributed by atoms with Crippen molar-refractivity contribution in [2.75, 3.05) is 0 Å². The monoisotopic (exact) mass is 269 g/mol. The highest BCUT2D eigenvalue weighted by molar-refractivity contribution is 7.71. The number of aromatic nitrogens is 6. The topological polar surface area (TPSA) is 107 Å². The summed E-state index contributed by atoms with van der Waals surface area (Å²) in [5, 5.41) is 20.9.